The molecule has 1 saturated heterocycles. The van der Waals surface area contributed by atoms with Gasteiger partial charge in [-0.2, -0.15) is 0 Å². The monoisotopic (exact) mass is 299 g/mol. The van der Waals surface area contributed by atoms with Crippen molar-refractivity contribution in [1.82, 2.24) is 4.98 Å². The first-order valence-corrected chi connectivity index (χ1v) is 8.79. The molecule has 21 heavy (non-hydrogen) atoms. The Morgan fingerprint density at radius 1 is 1.19 bits per heavy atom. The molecule has 1 aliphatic carbocycles. The fourth-order valence-electron chi connectivity index (χ4n) is 3.10. The summed E-state index contributed by atoms with van der Waals surface area (Å²) in [4.78, 5) is 8.46. The Morgan fingerprint density at radius 3 is 2.67 bits per heavy atom. The molecule has 1 atom stereocenters. The van der Waals surface area contributed by atoms with Crippen molar-refractivity contribution < 1.29 is 0 Å². The predicted molar refractivity (Wildman–Crippen MR) is 89.1 cm³/mol. The minimum Gasteiger partial charge on any atom is -0.376 e. The van der Waals surface area contributed by atoms with E-state index in [9.17, 15) is 0 Å². The zero-order valence-corrected chi connectivity index (χ0v) is 13.0. The highest BCUT2D eigenvalue weighted by Crippen LogP contribution is 2.44. The van der Waals surface area contributed by atoms with Crippen LogP contribution in [-0.4, -0.2) is 18.1 Å². The van der Waals surface area contributed by atoms with Crippen LogP contribution in [0.5, 0.6) is 0 Å². The van der Waals surface area contributed by atoms with Gasteiger partial charge in [0.25, 0.3) is 0 Å². The maximum atomic E-state index is 4.64. The fraction of sp³-hybridized carbons (Fsp3) is 0.471. The molecule has 4 rings (SSSR count). The van der Waals surface area contributed by atoms with Crippen molar-refractivity contribution >= 4 is 22.8 Å². The van der Waals surface area contributed by atoms with Crippen LogP contribution in [0.2, 0.25) is 0 Å². The number of pyridine rings is 1. The Labute approximate surface area is 130 Å². The minimum atomic E-state index is 0.462. The molecule has 1 N–H and O–H groups in total. The summed E-state index contributed by atoms with van der Waals surface area (Å²) >= 11 is 1.85. The number of anilines is 2. The number of aromatic nitrogens is 1. The Bertz CT molecular complexity index is 569. The first-order chi connectivity index (χ1) is 10.4. The lowest BCUT2D eigenvalue weighted by Gasteiger charge is -2.20. The number of hydrogen-bond donors (Lipinski definition) is 1. The molecule has 0 bridgehead atoms. The van der Waals surface area contributed by atoms with Crippen LogP contribution in [0.4, 0.5) is 11.5 Å². The van der Waals surface area contributed by atoms with Gasteiger partial charge in [0.2, 0.25) is 0 Å². The topological polar surface area (TPSA) is 28.2 Å². The van der Waals surface area contributed by atoms with Crippen LogP contribution in [0.1, 0.15) is 36.6 Å². The molecule has 2 fully saturated rings. The normalized spacial score (nSPS) is 19.7. The fourth-order valence-corrected chi connectivity index (χ4v) is 3.97. The summed E-state index contributed by atoms with van der Waals surface area (Å²) in [5.41, 5.74) is 1.14. The van der Waals surface area contributed by atoms with E-state index in [4.69, 9.17) is 0 Å². The number of nitrogens with zero attached hydrogens (tertiary/aromatic N) is 2. The lowest BCUT2D eigenvalue weighted by molar-refractivity contribution is 0.690. The third-order valence-electron chi connectivity index (χ3n) is 4.44. The Kier molecular flexibility index (Phi) is 3.55. The summed E-state index contributed by atoms with van der Waals surface area (Å²) < 4.78 is 0. The molecule has 0 amide bonds. The largest absolute Gasteiger partial charge is 0.376 e. The van der Waals surface area contributed by atoms with Gasteiger partial charge >= 0.3 is 0 Å². The first kappa shape index (κ1) is 13.1. The maximum Gasteiger partial charge on any atom is 0.128 e. The molecular formula is C17H21N3S. The van der Waals surface area contributed by atoms with Gasteiger partial charge in [-0.3, -0.25) is 0 Å². The van der Waals surface area contributed by atoms with Gasteiger partial charge in [-0.05, 0) is 55.2 Å². The highest BCUT2D eigenvalue weighted by molar-refractivity contribution is 7.10. The third-order valence-corrected chi connectivity index (χ3v) is 5.40. The van der Waals surface area contributed by atoms with E-state index in [-0.39, 0.29) is 0 Å². The molecule has 3 heterocycles. The Hall–Kier alpha value is -1.55. The van der Waals surface area contributed by atoms with Crippen molar-refractivity contribution in [2.24, 2.45) is 5.92 Å². The zero-order chi connectivity index (χ0) is 14.1. The molecule has 0 aromatic carbocycles. The molecule has 3 nitrogen and oxygen atoms in total. The predicted octanol–water partition coefficient (Wildman–Crippen LogP) is 4.31. The second-order valence-electron chi connectivity index (χ2n) is 6.07. The van der Waals surface area contributed by atoms with Gasteiger partial charge in [-0.25, -0.2) is 4.98 Å². The van der Waals surface area contributed by atoms with Gasteiger partial charge in [-0.15, -0.1) is 11.3 Å². The third kappa shape index (κ3) is 2.91. The molecule has 0 radical (unpaired) electrons. The van der Waals surface area contributed by atoms with Gasteiger partial charge in [0, 0.05) is 18.0 Å². The van der Waals surface area contributed by atoms with E-state index in [1.54, 1.807) is 0 Å². The molecule has 1 unspecified atom stereocenters. The highest BCUT2D eigenvalue weighted by atomic mass is 32.1. The number of rotatable bonds is 5. The summed E-state index contributed by atoms with van der Waals surface area (Å²) in [6.45, 7) is 2.30. The molecule has 2 aromatic heterocycles. The van der Waals surface area contributed by atoms with Crippen molar-refractivity contribution in [2.75, 3.05) is 23.3 Å². The molecule has 110 valence electrons. The van der Waals surface area contributed by atoms with Crippen LogP contribution in [0.25, 0.3) is 0 Å². The summed E-state index contributed by atoms with van der Waals surface area (Å²) in [7, 11) is 0. The lowest BCUT2D eigenvalue weighted by atomic mass is 10.1. The Balaban J connectivity index is 1.48. The van der Waals surface area contributed by atoms with Crippen LogP contribution in [-0.2, 0) is 0 Å². The summed E-state index contributed by atoms with van der Waals surface area (Å²) in [6, 6.07) is 9.19. The SMILES string of the molecule is c1csc(C(Nc2ccc(N3CCCC3)nc2)C2CC2)c1. The number of nitrogens with one attached hydrogen (secondary N) is 1. The molecule has 2 aromatic rings. The summed E-state index contributed by atoms with van der Waals surface area (Å²) in [5, 5.41) is 5.86. The quantitative estimate of drug-likeness (QED) is 0.892. The van der Waals surface area contributed by atoms with Crippen molar-refractivity contribution in [3.63, 3.8) is 0 Å². The number of thiophene rings is 1. The van der Waals surface area contributed by atoms with Crippen LogP contribution in [0.3, 0.4) is 0 Å². The van der Waals surface area contributed by atoms with E-state index in [0.717, 1.165) is 30.5 Å². The van der Waals surface area contributed by atoms with Crippen LogP contribution < -0.4 is 10.2 Å². The van der Waals surface area contributed by atoms with Crippen LogP contribution >= 0.6 is 11.3 Å². The van der Waals surface area contributed by atoms with E-state index in [0.29, 0.717) is 6.04 Å². The van der Waals surface area contributed by atoms with Gasteiger partial charge in [-0.1, -0.05) is 6.07 Å². The van der Waals surface area contributed by atoms with Gasteiger partial charge in [0.05, 0.1) is 17.9 Å². The van der Waals surface area contributed by atoms with Crippen molar-refractivity contribution in [3.05, 3.63) is 40.7 Å². The van der Waals surface area contributed by atoms with E-state index in [2.05, 4.69) is 44.8 Å². The zero-order valence-electron chi connectivity index (χ0n) is 12.2. The van der Waals surface area contributed by atoms with E-state index in [1.165, 1.54) is 30.6 Å². The lowest BCUT2D eigenvalue weighted by Crippen LogP contribution is -2.19. The van der Waals surface area contributed by atoms with Crippen molar-refractivity contribution in [2.45, 2.75) is 31.7 Å². The second-order valence-corrected chi connectivity index (χ2v) is 7.05. The Morgan fingerprint density at radius 2 is 2.05 bits per heavy atom. The molecule has 1 aliphatic heterocycles. The van der Waals surface area contributed by atoms with Crippen molar-refractivity contribution in [3.8, 4) is 0 Å². The highest BCUT2D eigenvalue weighted by Gasteiger charge is 2.32. The smallest absolute Gasteiger partial charge is 0.128 e. The first-order valence-electron chi connectivity index (χ1n) is 7.91. The van der Waals surface area contributed by atoms with Crippen LogP contribution in [0.15, 0.2) is 35.8 Å². The van der Waals surface area contributed by atoms with Gasteiger partial charge in [0.1, 0.15) is 5.82 Å². The molecule has 1 saturated carbocycles. The summed E-state index contributed by atoms with van der Waals surface area (Å²) in [5.74, 6) is 1.92. The number of hydrogen-bond acceptors (Lipinski definition) is 4. The molecular weight excluding hydrogens is 278 g/mol. The van der Waals surface area contributed by atoms with Crippen LogP contribution in [0, 0.1) is 5.92 Å². The molecule has 0 spiro atoms. The second kappa shape index (κ2) is 5.68. The minimum absolute atomic E-state index is 0.462. The summed E-state index contributed by atoms with van der Waals surface area (Å²) in [6.07, 6.45) is 7.27. The van der Waals surface area contributed by atoms with Gasteiger partial charge in [0.15, 0.2) is 0 Å². The van der Waals surface area contributed by atoms with Gasteiger partial charge < -0.3 is 10.2 Å². The van der Waals surface area contributed by atoms with Crippen molar-refractivity contribution in [1.29, 1.82) is 0 Å². The average Bonchev–Trinajstić information content (AvgIpc) is 3.01. The maximum absolute atomic E-state index is 4.64. The van der Waals surface area contributed by atoms with E-state index < -0.39 is 0 Å². The molecule has 2 aliphatic rings. The van der Waals surface area contributed by atoms with E-state index in [1.807, 2.05) is 17.5 Å². The average molecular weight is 299 g/mol. The van der Waals surface area contributed by atoms with E-state index >= 15 is 0 Å². The molecule has 4 heteroatoms. The standard InChI is InChI=1S/C17H21N3S/c1-2-10-20(9-1)16-8-7-14(12-18-16)19-17(13-5-6-13)15-4-3-11-21-15/h3-4,7-8,11-13,17,19H,1-2,5-6,9-10H2.